The summed E-state index contributed by atoms with van der Waals surface area (Å²) < 4.78 is 5.02. The molecule has 0 saturated carbocycles. The number of hydrogen-bond donors (Lipinski definition) is 2. The molecule has 0 heterocycles. The van der Waals surface area contributed by atoms with Crippen LogP contribution in [0.15, 0.2) is 0 Å². The van der Waals surface area contributed by atoms with Crippen LogP contribution in [0.3, 0.4) is 0 Å². The van der Waals surface area contributed by atoms with Gasteiger partial charge in [-0.15, -0.1) is 0 Å². The Morgan fingerprint density at radius 2 is 0.957 bits per heavy atom. The highest BCUT2D eigenvalue weighted by Crippen LogP contribution is 2.13. The molecule has 0 rings (SSSR count). The quantitative estimate of drug-likeness (QED) is 0.240. The maximum atomic E-state index is 9.01. The summed E-state index contributed by atoms with van der Waals surface area (Å²) in [6.45, 7) is 2.53. The number of unbranched alkanes of at least 4 members (excludes halogenated alkanes) is 15. The van der Waals surface area contributed by atoms with Gasteiger partial charge in [-0.3, -0.25) is 0 Å². The van der Waals surface area contributed by atoms with Crippen LogP contribution < -0.4 is 0 Å². The Hall–Kier alpha value is -0.120. The molecule has 0 bridgehead atoms. The maximum absolute atomic E-state index is 9.01. The first kappa shape index (κ1) is 22.9. The van der Waals surface area contributed by atoms with E-state index in [0.717, 1.165) is 12.8 Å². The van der Waals surface area contributed by atoms with E-state index in [1.54, 1.807) is 0 Å². The zero-order chi connectivity index (χ0) is 17.0. The number of rotatable bonds is 19. The van der Waals surface area contributed by atoms with Crippen molar-refractivity contribution < 1.29 is 14.9 Å². The third-order valence-electron chi connectivity index (χ3n) is 4.46. The number of aliphatic hydroxyl groups is 2. The fraction of sp³-hybridized carbons (Fsp3) is 1.00. The highest BCUT2D eigenvalue weighted by molar-refractivity contribution is 4.50. The molecule has 0 amide bonds. The van der Waals surface area contributed by atoms with E-state index in [1.165, 1.54) is 89.9 Å². The van der Waals surface area contributed by atoms with E-state index in [-0.39, 0.29) is 6.61 Å². The Bertz CT molecular complexity index is 209. The summed E-state index contributed by atoms with van der Waals surface area (Å²) >= 11 is 0. The van der Waals surface area contributed by atoms with Crippen molar-refractivity contribution in [3.05, 3.63) is 0 Å². The molecular weight excluding hydrogens is 288 g/mol. The molecule has 0 radical (unpaired) electrons. The van der Waals surface area contributed by atoms with Crippen LogP contribution in [0.4, 0.5) is 0 Å². The number of aliphatic hydroxyl groups excluding tert-OH is 2. The fourth-order valence-corrected chi connectivity index (χ4v) is 2.92. The Labute approximate surface area is 144 Å². The minimum Gasteiger partial charge on any atom is -0.391 e. The third-order valence-corrected chi connectivity index (χ3v) is 4.46. The predicted molar refractivity (Wildman–Crippen MR) is 98.6 cm³/mol. The zero-order valence-corrected chi connectivity index (χ0v) is 15.6. The van der Waals surface area contributed by atoms with E-state index in [4.69, 9.17) is 14.9 Å². The van der Waals surface area contributed by atoms with Gasteiger partial charge in [-0.2, -0.15) is 0 Å². The van der Waals surface area contributed by atoms with Crippen LogP contribution in [0.25, 0.3) is 0 Å². The minimum atomic E-state index is -0.994. The van der Waals surface area contributed by atoms with Crippen molar-refractivity contribution in [2.45, 2.75) is 116 Å². The van der Waals surface area contributed by atoms with Gasteiger partial charge in [-0.05, 0) is 6.42 Å². The highest BCUT2D eigenvalue weighted by Gasteiger charge is 2.00. The Balaban J connectivity index is 2.97. The normalized spacial score (nSPS) is 12.7. The van der Waals surface area contributed by atoms with Gasteiger partial charge < -0.3 is 14.9 Å². The van der Waals surface area contributed by atoms with E-state index in [9.17, 15) is 0 Å². The number of ether oxygens (including phenoxy) is 1. The first-order chi connectivity index (χ1) is 11.3. The molecule has 2 N–H and O–H groups in total. The Morgan fingerprint density at radius 1 is 0.609 bits per heavy atom. The van der Waals surface area contributed by atoms with Crippen molar-refractivity contribution in [3.63, 3.8) is 0 Å². The second kappa shape index (κ2) is 19.9. The van der Waals surface area contributed by atoms with Gasteiger partial charge >= 0.3 is 0 Å². The van der Waals surface area contributed by atoms with Crippen molar-refractivity contribution in [1.29, 1.82) is 0 Å². The van der Waals surface area contributed by atoms with E-state index < -0.39 is 6.29 Å². The topological polar surface area (TPSA) is 49.7 Å². The molecule has 0 aromatic carbocycles. The average molecular weight is 331 g/mol. The highest BCUT2D eigenvalue weighted by atomic mass is 16.6. The summed E-state index contributed by atoms with van der Waals surface area (Å²) in [5.41, 5.74) is 0. The summed E-state index contributed by atoms with van der Waals surface area (Å²) in [7, 11) is 0. The molecule has 1 unspecified atom stereocenters. The minimum absolute atomic E-state index is 0.307. The van der Waals surface area contributed by atoms with Crippen molar-refractivity contribution in [1.82, 2.24) is 0 Å². The van der Waals surface area contributed by atoms with Gasteiger partial charge in [0.05, 0.1) is 6.61 Å². The van der Waals surface area contributed by atoms with Crippen LogP contribution in [0.1, 0.15) is 110 Å². The van der Waals surface area contributed by atoms with Crippen LogP contribution >= 0.6 is 0 Å². The van der Waals surface area contributed by atoms with Crippen LogP contribution in [0.2, 0.25) is 0 Å². The van der Waals surface area contributed by atoms with Gasteiger partial charge in [0.2, 0.25) is 0 Å². The monoisotopic (exact) mass is 330 g/mol. The lowest BCUT2D eigenvalue weighted by Crippen LogP contribution is -2.16. The molecule has 23 heavy (non-hydrogen) atoms. The molecule has 140 valence electrons. The summed E-state index contributed by atoms with van der Waals surface area (Å²) in [5, 5.41) is 17.6. The van der Waals surface area contributed by atoms with Gasteiger partial charge in [-0.25, -0.2) is 0 Å². The maximum Gasteiger partial charge on any atom is 0.177 e. The molecule has 0 aromatic rings. The summed E-state index contributed by atoms with van der Waals surface area (Å²) in [5.74, 6) is 0. The molecule has 0 aliphatic carbocycles. The second-order valence-electron chi connectivity index (χ2n) is 6.81. The molecule has 0 aromatic heterocycles. The molecule has 1 atom stereocenters. The fourth-order valence-electron chi connectivity index (χ4n) is 2.92. The molecule has 0 spiro atoms. The van der Waals surface area contributed by atoms with Gasteiger partial charge in [0, 0.05) is 6.61 Å². The Morgan fingerprint density at radius 3 is 1.30 bits per heavy atom. The Kier molecular flexibility index (Phi) is 19.8. The molecular formula is C20H42O3. The number of hydrogen-bond acceptors (Lipinski definition) is 3. The van der Waals surface area contributed by atoms with E-state index >= 15 is 0 Å². The first-order valence-corrected chi connectivity index (χ1v) is 10.2. The SMILES string of the molecule is CCCCCCCCCCCCCCCCCCOC(O)CO. The molecule has 0 saturated heterocycles. The van der Waals surface area contributed by atoms with Gasteiger partial charge in [-0.1, -0.05) is 103 Å². The molecule has 0 aliphatic rings. The predicted octanol–water partition coefficient (Wildman–Crippen LogP) is 5.58. The van der Waals surface area contributed by atoms with Crippen molar-refractivity contribution >= 4 is 0 Å². The zero-order valence-electron chi connectivity index (χ0n) is 15.6. The molecule has 0 fully saturated rings. The van der Waals surface area contributed by atoms with E-state index in [1.807, 2.05) is 0 Å². The summed E-state index contributed by atoms with van der Waals surface area (Å²) in [6, 6.07) is 0. The third kappa shape index (κ3) is 19.8. The van der Waals surface area contributed by atoms with Crippen LogP contribution in [0, 0.1) is 0 Å². The summed E-state index contributed by atoms with van der Waals surface area (Å²) in [4.78, 5) is 0. The lowest BCUT2D eigenvalue weighted by molar-refractivity contribution is -0.125. The van der Waals surface area contributed by atoms with Crippen LogP contribution in [-0.2, 0) is 4.74 Å². The largest absolute Gasteiger partial charge is 0.391 e. The van der Waals surface area contributed by atoms with E-state index in [0.29, 0.717) is 6.61 Å². The standard InChI is InChI=1S/C20H42O3/c1-2-3-4-5-6-7-8-9-10-11-12-13-14-15-16-17-18-23-20(22)19-21/h20-22H,2-19H2,1H3. The van der Waals surface area contributed by atoms with Gasteiger partial charge in [0.1, 0.15) is 0 Å². The van der Waals surface area contributed by atoms with Gasteiger partial charge in [0.15, 0.2) is 6.29 Å². The van der Waals surface area contributed by atoms with Crippen LogP contribution in [0.5, 0.6) is 0 Å². The van der Waals surface area contributed by atoms with Crippen molar-refractivity contribution in [2.75, 3.05) is 13.2 Å². The van der Waals surface area contributed by atoms with Crippen molar-refractivity contribution in [3.8, 4) is 0 Å². The molecule has 3 nitrogen and oxygen atoms in total. The molecule has 0 aliphatic heterocycles. The smallest absolute Gasteiger partial charge is 0.177 e. The second-order valence-corrected chi connectivity index (χ2v) is 6.81. The lowest BCUT2D eigenvalue weighted by Gasteiger charge is -2.08. The first-order valence-electron chi connectivity index (χ1n) is 10.2. The van der Waals surface area contributed by atoms with Crippen LogP contribution in [-0.4, -0.2) is 29.7 Å². The molecule has 3 heteroatoms. The van der Waals surface area contributed by atoms with Crippen molar-refractivity contribution in [2.24, 2.45) is 0 Å². The van der Waals surface area contributed by atoms with Gasteiger partial charge in [0.25, 0.3) is 0 Å². The summed E-state index contributed by atoms with van der Waals surface area (Å²) in [6.07, 6.45) is 20.7. The lowest BCUT2D eigenvalue weighted by atomic mass is 10.0. The average Bonchev–Trinajstić information content (AvgIpc) is 2.57. The van der Waals surface area contributed by atoms with E-state index in [2.05, 4.69) is 6.92 Å².